The summed E-state index contributed by atoms with van der Waals surface area (Å²) in [5.74, 6) is 0.569. The molecule has 0 atom stereocenters. The Balaban J connectivity index is 1.99. The third-order valence-electron chi connectivity index (χ3n) is 3.20. The number of imidazole rings is 2. The highest BCUT2D eigenvalue weighted by Crippen LogP contribution is 2.21. The molecule has 0 aliphatic rings. The van der Waals surface area contributed by atoms with Gasteiger partial charge in [0.05, 0.1) is 24.8 Å². The third kappa shape index (κ3) is 2.40. The first-order chi connectivity index (χ1) is 10.2. The Morgan fingerprint density at radius 1 is 1.33 bits per heavy atom. The van der Waals surface area contributed by atoms with Gasteiger partial charge in [-0.3, -0.25) is 0 Å². The number of nitrogens with zero attached hydrogens (tertiary/aromatic N) is 2. The van der Waals surface area contributed by atoms with Crippen LogP contribution in [0.1, 0.15) is 11.4 Å². The Morgan fingerprint density at radius 2 is 2.10 bits per heavy atom. The highest BCUT2D eigenvalue weighted by molar-refractivity contribution is 5.41. The van der Waals surface area contributed by atoms with Crippen molar-refractivity contribution in [3.8, 4) is 17.3 Å². The molecule has 0 amide bonds. The van der Waals surface area contributed by atoms with Crippen molar-refractivity contribution in [1.82, 2.24) is 19.5 Å². The van der Waals surface area contributed by atoms with Crippen molar-refractivity contribution in [2.24, 2.45) is 0 Å². The van der Waals surface area contributed by atoms with Gasteiger partial charge in [0.2, 0.25) is 5.88 Å². The predicted molar refractivity (Wildman–Crippen MR) is 76.0 cm³/mol. The Kier molecular flexibility index (Phi) is 3.23. The summed E-state index contributed by atoms with van der Waals surface area (Å²) in [6.07, 6.45) is 3.55. The number of aromatic nitrogens is 4. The molecule has 0 spiro atoms. The Bertz CT molecular complexity index is 785. The van der Waals surface area contributed by atoms with Crippen LogP contribution < -0.4 is 10.4 Å². The molecule has 0 radical (unpaired) electrons. The lowest BCUT2D eigenvalue weighted by atomic mass is 10.2. The number of hydrogen-bond acceptors (Lipinski definition) is 4. The molecule has 108 valence electrons. The molecule has 0 aliphatic carbocycles. The van der Waals surface area contributed by atoms with E-state index in [4.69, 9.17) is 4.74 Å². The van der Waals surface area contributed by atoms with E-state index in [1.807, 2.05) is 0 Å². The second kappa shape index (κ2) is 5.20. The summed E-state index contributed by atoms with van der Waals surface area (Å²) in [4.78, 5) is 21.5. The van der Waals surface area contributed by atoms with E-state index in [1.54, 1.807) is 43.9 Å². The van der Waals surface area contributed by atoms with Crippen LogP contribution in [0.25, 0.3) is 5.69 Å². The van der Waals surface area contributed by atoms with Crippen molar-refractivity contribution < 1.29 is 9.84 Å². The van der Waals surface area contributed by atoms with Crippen molar-refractivity contribution in [3.63, 3.8) is 0 Å². The third-order valence-corrected chi connectivity index (χ3v) is 3.20. The number of benzene rings is 1. The van der Waals surface area contributed by atoms with E-state index in [-0.39, 0.29) is 5.88 Å². The predicted octanol–water partition coefficient (Wildman–Crippen LogP) is 1.19. The van der Waals surface area contributed by atoms with E-state index < -0.39 is 5.69 Å². The number of ether oxygens (including phenoxy) is 1. The molecule has 2 aromatic heterocycles. The minimum absolute atomic E-state index is 0.111. The number of aromatic amines is 2. The maximum absolute atomic E-state index is 12.0. The fourth-order valence-corrected chi connectivity index (χ4v) is 2.14. The van der Waals surface area contributed by atoms with Crippen LogP contribution in [0.4, 0.5) is 0 Å². The zero-order valence-corrected chi connectivity index (χ0v) is 11.3. The van der Waals surface area contributed by atoms with Crippen LogP contribution in [0, 0.1) is 0 Å². The monoisotopic (exact) mass is 286 g/mol. The zero-order valence-electron chi connectivity index (χ0n) is 11.3. The molecule has 0 saturated carbocycles. The van der Waals surface area contributed by atoms with Crippen LogP contribution in [-0.2, 0) is 6.42 Å². The number of aromatic hydroxyl groups is 1. The first-order valence-corrected chi connectivity index (χ1v) is 6.33. The van der Waals surface area contributed by atoms with Gasteiger partial charge in [0.25, 0.3) is 0 Å². The second-order valence-corrected chi connectivity index (χ2v) is 4.52. The quantitative estimate of drug-likeness (QED) is 0.671. The topological polar surface area (TPSA) is 95.9 Å². The molecule has 3 rings (SSSR count). The number of methoxy groups -OCH3 is 1. The molecule has 0 aliphatic heterocycles. The summed E-state index contributed by atoms with van der Waals surface area (Å²) in [5, 5.41) is 10.3. The Hall–Kier alpha value is -2.96. The van der Waals surface area contributed by atoms with Crippen molar-refractivity contribution in [2.45, 2.75) is 6.42 Å². The number of rotatable bonds is 4. The minimum atomic E-state index is -0.396. The number of nitrogens with one attached hydrogen (secondary N) is 2. The fraction of sp³-hybridized carbons (Fsp3) is 0.143. The fourth-order valence-electron chi connectivity index (χ4n) is 2.14. The van der Waals surface area contributed by atoms with Crippen molar-refractivity contribution >= 4 is 0 Å². The van der Waals surface area contributed by atoms with Crippen molar-refractivity contribution in [3.05, 3.63) is 58.7 Å². The summed E-state index contributed by atoms with van der Waals surface area (Å²) in [5.41, 5.74) is 1.39. The van der Waals surface area contributed by atoms with E-state index in [0.29, 0.717) is 23.6 Å². The van der Waals surface area contributed by atoms with Gasteiger partial charge in [0.1, 0.15) is 5.75 Å². The average molecular weight is 286 g/mol. The zero-order chi connectivity index (χ0) is 14.8. The summed E-state index contributed by atoms with van der Waals surface area (Å²) in [6.45, 7) is 0. The lowest BCUT2D eigenvalue weighted by Crippen LogP contribution is -2.14. The standard InChI is InChI=1S/C14H14N4O3/c1-21-11-4-2-10(3-5-11)18-13(19)12(17-14(18)20)6-9-7-15-8-16-9/h2-5,7-8,19H,6H2,1H3,(H,15,16)(H,17,20). The van der Waals surface area contributed by atoms with Gasteiger partial charge in [-0.25, -0.2) is 14.3 Å². The molecule has 2 heterocycles. The highest BCUT2D eigenvalue weighted by Gasteiger charge is 2.15. The summed E-state index contributed by atoms with van der Waals surface area (Å²) in [7, 11) is 1.57. The molecule has 1 aromatic carbocycles. The van der Waals surface area contributed by atoms with Crippen LogP contribution in [-0.4, -0.2) is 31.7 Å². The van der Waals surface area contributed by atoms with E-state index in [1.165, 1.54) is 4.57 Å². The van der Waals surface area contributed by atoms with Gasteiger partial charge < -0.3 is 19.8 Å². The van der Waals surface area contributed by atoms with Gasteiger partial charge in [-0.15, -0.1) is 0 Å². The largest absolute Gasteiger partial charge is 0.497 e. The lowest BCUT2D eigenvalue weighted by Gasteiger charge is -2.05. The van der Waals surface area contributed by atoms with E-state index in [9.17, 15) is 9.90 Å². The maximum atomic E-state index is 12.0. The molecule has 21 heavy (non-hydrogen) atoms. The molecular weight excluding hydrogens is 272 g/mol. The molecule has 0 fully saturated rings. The van der Waals surface area contributed by atoms with Crippen molar-refractivity contribution in [1.29, 1.82) is 0 Å². The Labute approximate surface area is 119 Å². The van der Waals surface area contributed by atoms with Crippen LogP contribution >= 0.6 is 0 Å². The molecule has 0 saturated heterocycles. The van der Waals surface area contributed by atoms with E-state index >= 15 is 0 Å². The molecule has 7 nitrogen and oxygen atoms in total. The van der Waals surface area contributed by atoms with Gasteiger partial charge in [-0.2, -0.15) is 0 Å². The van der Waals surface area contributed by atoms with Gasteiger partial charge >= 0.3 is 5.69 Å². The van der Waals surface area contributed by atoms with Crippen molar-refractivity contribution in [2.75, 3.05) is 7.11 Å². The van der Waals surface area contributed by atoms with Crippen LogP contribution in [0.15, 0.2) is 41.6 Å². The molecule has 0 unspecified atom stereocenters. The van der Waals surface area contributed by atoms with Gasteiger partial charge in [0.15, 0.2) is 0 Å². The van der Waals surface area contributed by atoms with E-state index in [2.05, 4.69) is 15.0 Å². The first kappa shape index (κ1) is 13.0. The molecule has 3 N–H and O–H groups in total. The molecular formula is C14H14N4O3. The molecule has 7 heteroatoms. The Morgan fingerprint density at radius 3 is 2.71 bits per heavy atom. The second-order valence-electron chi connectivity index (χ2n) is 4.52. The molecule has 3 aromatic rings. The van der Waals surface area contributed by atoms with Gasteiger partial charge in [0, 0.05) is 18.3 Å². The number of H-pyrrole nitrogens is 2. The smallest absolute Gasteiger partial charge is 0.333 e. The van der Waals surface area contributed by atoms with Gasteiger partial charge in [-0.05, 0) is 24.3 Å². The first-order valence-electron chi connectivity index (χ1n) is 6.33. The average Bonchev–Trinajstić information content (AvgIpc) is 3.09. The van der Waals surface area contributed by atoms with E-state index in [0.717, 1.165) is 5.69 Å². The summed E-state index contributed by atoms with van der Waals surface area (Å²) in [6, 6.07) is 6.85. The van der Waals surface area contributed by atoms with Crippen LogP contribution in [0.2, 0.25) is 0 Å². The minimum Gasteiger partial charge on any atom is -0.497 e. The van der Waals surface area contributed by atoms with Crippen LogP contribution in [0.3, 0.4) is 0 Å². The number of hydrogen-bond donors (Lipinski definition) is 3. The van der Waals surface area contributed by atoms with Crippen LogP contribution in [0.5, 0.6) is 11.6 Å². The summed E-state index contributed by atoms with van der Waals surface area (Å²) >= 11 is 0. The maximum Gasteiger partial charge on any atom is 0.333 e. The summed E-state index contributed by atoms with van der Waals surface area (Å²) < 4.78 is 6.29. The SMILES string of the molecule is COc1ccc(-n2c(O)c(Cc3cnc[nH]3)[nH]c2=O)cc1. The van der Waals surface area contributed by atoms with Gasteiger partial charge in [-0.1, -0.05) is 0 Å². The normalized spacial score (nSPS) is 10.7. The lowest BCUT2D eigenvalue weighted by molar-refractivity contribution is 0.414. The molecule has 0 bridgehead atoms. The highest BCUT2D eigenvalue weighted by atomic mass is 16.5.